The second-order valence-corrected chi connectivity index (χ2v) is 6.32. The van der Waals surface area contributed by atoms with Crippen molar-refractivity contribution in [3.8, 4) is 0 Å². The maximum atomic E-state index is 11.7. The molecule has 0 bridgehead atoms. The predicted octanol–water partition coefficient (Wildman–Crippen LogP) is 2.97. The lowest BCUT2D eigenvalue weighted by molar-refractivity contribution is -0.143. The van der Waals surface area contributed by atoms with E-state index in [1.807, 2.05) is 0 Å². The van der Waals surface area contributed by atoms with Gasteiger partial charge < -0.3 is 20.3 Å². The van der Waals surface area contributed by atoms with Gasteiger partial charge in [0.1, 0.15) is 6.04 Å². The average molecular weight is 359 g/mol. The molecule has 0 aliphatic rings. The Labute approximate surface area is 150 Å². The number of ether oxygens (including phenoxy) is 1. The number of carboxylic acid groups (broad SMARTS) is 2. The van der Waals surface area contributed by atoms with Gasteiger partial charge in [0.05, 0.1) is 0 Å². The first kappa shape index (κ1) is 23.4. The Bertz CT molecular complexity index is 386. The zero-order chi connectivity index (χ0) is 18.9. The summed E-state index contributed by atoms with van der Waals surface area (Å²) in [5.41, 5.74) is 0. The lowest BCUT2D eigenvalue weighted by Crippen LogP contribution is -2.41. The molecule has 146 valence electrons. The number of hydrogen-bond donors (Lipinski definition) is 3. The van der Waals surface area contributed by atoms with Crippen LogP contribution in [0.3, 0.4) is 0 Å². The van der Waals surface area contributed by atoms with Crippen molar-refractivity contribution in [2.24, 2.45) is 0 Å². The summed E-state index contributed by atoms with van der Waals surface area (Å²) in [6, 6.07) is -1.12. The van der Waals surface area contributed by atoms with E-state index in [1.54, 1.807) is 7.11 Å². The molecule has 0 aromatic heterocycles. The second-order valence-electron chi connectivity index (χ2n) is 6.32. The molecule has 0 rings (SSSR count). The smallest absolute Gasteiger partial charge is 0.326 e. The van der Waals surface area contributed by atoms with Crippen LogP contribution in [0.2, 0.25) is 0 Å². The number of methoxy groups -OCH3 is 1. The van der Waals surface area contributed by atoms with E-state index in [0.29, 0.717) is 0 Å². The fourth-order valence-corrected chi connectivity index (χ4v) is 2.56. The molecular formula is C18H33NO6. The zero-order valence-electron chi connectivity index (χ0n) is 15.3. The van der Waals surface area contributed by atoms with Crippen LogP contribution in [0, 0.1) is 0 Å². The minimum absolute atomic E-state index is 0.0964. The van der Waals surface area contributed by atoms with Crippen molar-refractivity contribution in [3.63, 3.8) is 0 Å². The molecular weight excluding hydrogens is 326 g/mol. The van der Waals surface area contributed by atoms with E-state index in [-0.39, 0.29) is 25.2 Å². The first-order valence-electron chi connectivity index (χ1n) is 9.20. The van der Waals surface area contributed by atoms with Crippen LogP contribution in [0.1, 0.15) is 77.0 Å². The number of hydrogen-bond acceptors (Lipinski definition) is 4. The number of nitrogens with one attached hydrogen (secondary N) is 1. The fourth-order valence-electron chi connectivity index (χ4n) is 2.56. The number of carboxylic acids is 2. The molecule has 0 fully saturated rings. The molecule has 0 aromatic rings. The van der Waals surface area contributed by atoms with Crippen molar-refractivity contribution in [3.05, 3.63) is 0 Å². The summed E-state index contributed by atoms with van der Waals surface area (Å²) in [4.78, 5) is 33.2. The van der Waals surface area contributed by atoms with E-state index in [4.69, 9.17) is 14.9 Å². The van der Waals surface area contributed by atoms with Crippen LogP contribution in [-0.2, 0) is 19.1 Å². The summed E-state index contributed by atoms with van der Waals surface area (Å²) >= 11 is 0. The van der Waals surface area contributed by atoms with Crippen molar-refractivity contribution in [1.82, 2.24) is 5.32 Å². The van der Waals surface area contributed by atoms with Gasteiger partial charge in [-0.25, -0.2) is 4.79 Å². The molecule has 0 aliphatic carbocycles. The van der Waals surface area contributed by atoms with Crippen LogP contribution >= 0.6 is 0 Å². The first-order valence-corrected chi connectivity index (χ1v) is 9.20. The quantitative estimate of drug-likeness (QED) is 0.344. The highest BCUT2D eigenvalue weighted by Crippen LogP contribution is 2.11. The topological polar surface area (TPSA) is 113 Å². The molecule has 0 spiro atoms. The number of unbranched alkanes of at least 4 members (excludes halogenated alkanes) is 8. The molecule has 0 saturated carbocycles. The third-order valence-corrected chi connectivity index (χ3v) is 4.03. The third kappa shape index (κ3) is 15.6. The van der Waals surface area contributed by atoms with Crippen LogP contribution in [0.5, 0.6) is 0 Å². The Balaban J connectivity index is 3.58. The average Bonchev–Trinajstić information content (AvgIpc) is 2.56. The first-order chi connectivity index (χ1) is 12.0. The van der Waals surface area contributed by atoms with Gasteiger partial charge in [-0.3, -0.25) is 9.59 Å². The monoisotopic (exact) mass is 359 g/mol. The molecule has 0 aliphatic heterocycles. The molecule has 7 heteroatoms. The van der Waals surface area contributed by atoms with Gasteiger partial charge in [-0.2, -0.15) is 0 Å². The van der Waals surface area contributed by atoms with Crippen molar-refractivity contribution >= 4 is 17.8 Å². The highest BCUT2D eigenvalue weighted by Gasteiger charge is 2.20. The number of carbonyl (C=O) groups is 3. The van der Waals surface area contributed by atoms with Gasteiger partial charge in [0, 0.05) is 26.6 Å². The lowest BCUT2D eigenvalue weighted by Gasteiger charge is -2.13. The molecule has 7 nitrogen and oxygen atoms in total. The Hall–Kier alpha value is -1.63. The molecule has 1 amide bonds. The molecule has 3 N–H and O–H groups in total. The third-order valence-electron chi connectivity index (χ3n) is 4.03. The minimum Gasteiger partial charge on any atom is -0.481 e. The zero-order valence-corrected chi connectivity index (χ0v) is 15.3. The van der Waals surface area contributed by atoms with Gasteiger partial charge >= 0.3 is 11.9 Å². The van der Waals surface area contributed by atoms with E-state index in [0.717, 1.165) is 38.7 Å². The molecule has 0 aromatic carbocycles. The molecule has 25 heavy (non-hydrogen) atoms. The van der Waals surface area contributed by atoms with Crippen molar-refractivity contribution in [2.75, 3.05) is 13.7 Å². The van der Waals surface area contributed by atoms with E-state index < -0.39 is 18.0 Å². The Morgan fingerprint density at radius 2 is 1.36 bits per heavy atom. The van der Waals surface area contributed by atoms with Gasteiger partial charge in [0.15, 0.2) is 0 Å². The van der Waals surface area contributed by atoms with E-state index in [1.165, 1.54) is 25.7 Å². The van der Waals surface area contributed by atoms with Gasteiger partial charge in [0.2, 0.25) is 5.91 Å². The normalized spacial score (nSPS) is 11.9. The maximum Gasteiger partial charge on any atom is 0.326 e. The predicted molar refractivity (Wildman–Crippen MR) is 94.5 cm³/mol. The number of carbonyl (C=O) groups excluding carboxylic acids is 1. The van der Waals surface area contributed by atoms with E-state index in [2.05, 4.69) is 5.32 Å². The highest BCUT2D eigenvalue weighted by atomic mass is 16.5. The Morgan fingerprint density at radius 1 is 0.840 bits per heavy atom. The second kappa shape index (κ2) is 15.9. The molecule has 0 saturated heterocycles. The minimum atomic E-state index is -1.19. The SMILES string of the molecule is COCCCCCCCCCCCC(=O)N[C@H](CCC(=O)O)C(=O)O. The summed E-state index contributed by atoms with van der Waals surface area (Å²) in [6.07, 6.45) is 9.82. The molecule has 1 atom stereocenters. The molecule has 0 radical (unpaired) electrons. The van der Waals surface area contributed by atoms with Gasteiger partial charge in [0.25, 0.3) is 0 Å². The van der Waals surface area contributed by atoms with Crippen molar-refractivity contribution in [1.29, 1.82) is 0 Å². The standard InChI is InChI=1S/C18H33NO6/c1-25-14-10-8-6-4-2-3-5-7-9-11-16(20)19-15(18(23)24)12-13-17(21)22/h15H,2-14H2,1H3,(H,19,20)(H,21,22)(H,23,24)/t15-/m1/s1. The Kier molecular flexibility index (Phi) is 14.8. The summed E-state index contributed by atoms with van der Waals surface area (Å²) in [5, 5.41) is 20.0. The number of rotatable bonds is 17. The molecule has 0 heterocycles. The van der Waals surface area contributed by atoms with Gasteiger partial charge in [-0.15, -0.1) is 0 Å². The van der Waals surface area contributed by atoms with E-state index >= 15 is 0 Å². The van der Waals surface area contributed by atoms with Crippen molar-refractivity contribution < 1.29 is 29.3 Å². The van der Waals surface area contributed by atoms with E-state index in [9.17, 15) is 14.4 Å². The van der Waals surface area contributed by atoms with Crippen LogP contribution < -0.4 is 5.32 Å². The highest BCUT2D eigenvalue weighted by molar-refractivity contribution is 5.83. The molecule has 0 unspecified atom stereocenters. The summed E-state index contributed by atoms with van der Waals surface area (Å²) in [5.74, 6) is -2.59. The summed E-state index contributed by atoms with van der Waals surface area (Å²) in [6.45, 7) is 0.834. The van der Waals surface area contributed by atoms with Crippen molar-refractivity contribution in [2.45, 2.75) is 83.1 Å². The van der Waals surface area contributed by atoms with Crippen LogP contribution in [0.25, 0.3) is 0 Å². The Morgan fingerprint density at radius 3 is 1.84 bits per heavy atom. The summed E-state index contributed by atoms with van der Waals surface area (Å²) in [7, 11) is 1.72. The number of aliphatic carboxylic acids is 2. The maximum absolute atomic E-state index is 11.7. The van der Waals surface area contributed by atoms with Gasteiger partial charge in [-0.1, -0.05) is 44.9 Å². The summed E-state index contributed by atoms with van der Waals surface area (Å²) < 4.78 is 5.00. The largest absolute Gasteiger partial charge is 0.481 e. The lowest BCUT2D eigenvalue weighted by atomic mass is 10.1. The van der Waals surface area contributed by atoms with Crippen LogP contribution in [0.4, 0.5) is 0 Å². The van der Waals surface area contributed by atoms with Crippen LogP contribution in [0.15, 0.2) is 0 Å². The number of amides is 1. The van der Waals surface area contributed by atoms with Gasteiger partial charge in [-0.05, 0) is 19.3 Å². The van der Waals surface area contributed by atoms with Crippen LogP contribution in [-0.4, -0.2) is 47.8 Å². The fraction of sp³-hybridized carbons (Fsp3) is 0.833.